The summed E-state index contributed by atoms with van der Waals surface area (Å²) in [7, 11) is 4.23. The van der Waals surface area contributed by atoms with Crippen LogP contribution in [0.15, 0.2) is 28.7 Å². The molecule has 0 unspecified atom stereocenters. The fourth-order valence-corrected chi connectivity index (χ4v) is 1.51. The summed E-state index contributed by atoms with van der Waals surface area (Å²) < 4.78 is 1.16. The minimum Gasteiger partial charge on any atom is -0.309 e. The highest BCUT2D eigenvalue weighted by Gasteiger charge is 1.94. The van der Waals surface area contributed by atoms with E-state index in [1.54, 1.807) is 0 Å². The molecule has 72 valence electrons. The van der Waals surface area contributed by atoms with Crippen LogP contribution in [0.4, 0.5) is 0 Å². The zero-order chi connectivity index (χ0) is 9.68. The Morgan fingerprint density at radius 2 is 1.77 bits per heavy atom. The highest BCUT2D eigenvalue weighted by molar-refractivity contribution is 9.10. The lowest BCUT2D eigenvalue weighted by molar-refractivity contribution is 0.400. The van der Waals surface area contributed by atoms with Crippen molar-refractivity contribution < 1.29 is 0 Å². The van der Waals surface area contributed by atoms with Crippen molar-refractivity contribution in [2.45, 2.75) is 12.8 Å². The molecule has 2 heteroatoms. The molecule has 0 amide bonds. The number of halogens is 1. The average molecular weight is 242 g/mol. The van der Waals surface area contributed by atoms with Gasteiger partial charge in [-0.3, -0.25) is 0 Å². The van der Waals surface area contributed by atoms with Gasteiger partial charge in [0.2, 0.25) is 0 Å². The maximum atomic E-state index is 3.43. The van der Waals surface area contributed by atoms with Crippen LogP contribution in [0, 0.1) is 0 Å². The Morgan fingerprint density at radius 1 is 1.15 bits per heavy atom. The van der Waals surface area contributed by atoms with E-state index in [1.807, 2.05) is 0 Å². The van der Waals surface area contributed by atoms with Crippen LogP contribution >= 0.6 is 15.9 Å². The van der Waals surface area contributed by atoms with E-state index in [1.165, 1.54) is 18.4 Å². The summed E-state index contributed by atoms with van der Waals surface area (Å²) in [5, 5.41) is 0. The third kappa shape index (κ3) is 4.44. The number of benzene rings is 1. The third-order valence-electron chi connectivity index (χ3n) is 1.98. The quantitative estimate of drug-likeness (QED) is 0.784. The van der Waals surface area contributed by atoms with Gasteiger partial charge in [-0.05, 0) is 51.2 Å². The van der Waals surface area contributed by atoms with Gasteiger partial charge in [0, 0.05) is 4.47 Å². The monoisotopic (exact) mass is 241 g/mol. The summed E-state index contributed by atoms with van der Waals surface area (Å²) in [5.41, 5.74) is 1.42. The molecular weight excluding hydrogens is 226 g/mol. The van der Waals surface area contributed by atoms with Crippen LogP contribution in [0.1, 0.15) is 12.0 Å². The Morgan fingerprint density at radius 3 is 2.31 bits per heavy atom. The summed E-state index contributed by atoms with van der Waals surface area (Å²) in [6.45, 7) is 1.16. The van der Waals surface area contributed by atoms with E-state index in [4.69, 9.17) is 0 Å². The lowest BCUT2D eigenvalue weighted by Gasteiger charge is -2.08. The van der Waals surface area contributed by atoms with Gasteiger partial charge in [0.15, 0.2) is 0 Å². The molecule has 0 heterocycles. The van der Waals surface area contributed by atoms with Crippen molar-refractivity contribution in [3.05, 3.63) is 34.3 Å². The van der Waals surface area contributed by atoms with Crippen LogP contribution in [-0.4, -0.2) is 25.5 Å². The average Bonchev–Trinajstić information content (AvgIpc) is 2.08. The predicted octanol–water partition coefficient (Wildman–Crippen LogP) is 2.94. The van der Waals surface area contributed by atoms with Gasteiger partial charge >= 0.3 is 0 Å². The molecule has 0 aliphatic heterocycles. The summed E-state index contributed by atoms with van der Waals surface area (Å²) >= 11 is 3.43. The summed E-state index contributed by atoms with van der Waals surface area (Å²) in [6.07, 6.45) is 2.40. The van der Waals surface area contributed by atoms with Crippen LogP contribution in [0.5, 0.6) is 0 Å². The molecule has 0 aromatic heterocycles. The van der Waals surface area contributed by atoms with Gasteiger partial charge in [-0.2, -0.15) is 0 Å². The molecule has 0 aliphatic carbocycles. The first kappa shape index (κ1) is 10.7. The molecule has 0 N–H and O–H groups in total. The molecule has 1 aromatic rings. The Bertz CT molecular complexity index is 241. The van der Waals surface area contributed by atoms with Crippen molar-refractivity contribution in [2.75, 3.05) is 20.6 Å². The van der Waals surface area contributed by atoms with E-state index < -0.39 is 0 Å². The summed E-state index contributed by atoms with van der Waals surface area (Å²) in [6, 6.07) is 8.56. The van der Waals surface area contributed by atoms with Crippen molar-refractivity contribution in [1.82, 2.24) is 4.90 Å². The lowest BCUT2D eigenvalue weighted by atomic mass is 10.1. The van der Waals surface area contributed by atoms with Crippen molar-refractivity contribution in [1.29, 1.82) is 0 Å². The molecule has 0 saturated carbocycles. The van der Waals surface area contributed by atoms with E-state index in [-0.39, 0.29) is 0 Å². The van der Waals surface area contributed by atoms with Crippen LogP contribution < -0.4 is 0 Å². The SMILES string of the molecule is CN(C)CCCc1ccc(Br)cc1. The zero-order valence-corrected chi connectivity index (χ0v) is 9.84. The normalized spacial score (nSPS) is 10.8. The molecule has 1 rings (SSSR count). The summed E-state index contributed by atoms with van der Waals surface area (Å²) in [5.74, 6) is 0. The number of nitrogens with zero attached hydrogens (tertiary/aromatic N) is 1. The second kappa shape index (κ2) is 5.40. The van der Waals surface area contributed by atoms with Gasteiger partial charge in [-0.1, -0.05) is 28.1 Å². The van der Waals surface area contributed by atoms with Gasteiger partial charge in [0.25, 0.3) is 0 Å². The third-order valence-corrected chi connectivity index (χ3v) is 2.51. The molecule has 0 saturated heterocycles. The largest absolute Gasteiger partial charge is 0.309 e. The maximum Gasteiger partial charge on any atom is 0.0175 e. The fraction of sp³-hybridized carbons (Fsp3) is 0.455. The van der Waals surface area contributed by atoms with Gasteiger partial charge in [-0.15, -0.1) is 0 Å². The molecule has 0 atom stereocenters. The Hall–Kier alpha value is -0.340. The highest BCUT2D eigenvalue weighted by Crippen LogP contribution is 2.11. The Kier molecular flexibility index (Phi) is 4.46. The second-order valence-corrected chi connectivity index (χ2v) is 4.45. The standard InChI is InChI=1S/C11H16BrN/c1-13(2)9-3-4-10-5-7-11(12)8-6-10/h5-8H,3-4,9H2,1-2H3. The zero-order valence-electron chi connectivity index (χ0n) is 8.26. The molecule has 1 nitrogen and oxygen atoms in total. The number of hydrogen-bond donors (Lipinski definition) is 0. The van der Waals surface area contributed by atoms with Crippen LogP contribution in [0.3, 0.4) is 0 Å². The van der Waals surface area contributed by atoms with Crippen molar-refractivity contribution in [3.63, 3.8) is 0 Å². The van der Waals surface area contributed by atoms with Crippen LogP contribution in [0.2, 0.25) is 0 Å². The van der Waals surface area contributed by atoms with Crippen LogP contribution in [0.25, 0.3) is 0 Å². The molecule has 0 aliphatic rings. The highest BCUT2D eigenvalue weighted by atomic mass is 79.9. The summed E-state index contributed by atoms with van der Waals surface area (Å²) in [4.78, 5) is 2.22. The first-order valence-corrected chi connectivity index (χ1v) is 5.37. The van der Waals surface area contributed by atoms with E-state index in [9.17, 15) is 0 Å². The van der Waals surface area contributed by atoms with Crippen molar-refractivity contribution in [3.8, 4) is 0 Å². The van der Waals surface area contributed by atoms with E-state index in [0.29, 0.717) is 0 Å². The topological polar surface area (TPSA) is 3.24 Å². The van der Waals surface area contributed by atoms with Crippen molar-refractivity contribution in [2.24, 2.45) is 0 Å². The molecule has 1 aromatic carbocycles. The Labute approximate surface area is 88.9 Å². The molecule has 0 radical (unpaired) electrons. The minimum atomic E-state index is 1.16. The predicted molar refractivity (Wildman–Crippen MR) is 61.0 cm³/mol. The molecule has 0 bridgehead atoms. The van der Waals surface area contributed by atoms with Crippen LogP contribution in [-0.2, 0) is 6.42 Å². The second-order valence-electron chi connectivity index (χ2n) is 3.53. The molecule has 0 fully saturated rings. The van der Waals surface area contributed by atoms with Gasteiger partial charge in [0.05, 0.1) is 0 Å². The number of aryl methyl sites for hydroxylation is 1. The van der Waals surface area contributed by atoms with E-state index in [0.717, 1.165) is 11.0 Å². The lowest BCUT2D eigenvalue weighted by Crippen LogP contribution is -2.13. The van der Waals surface area contributed by atoms with Gasteiger partial charge in [0.1, 0.15) is 0 Å². The van der Waals surface area contributed by atoms with E-state index >= 15 is 0 Å². The number of hydrogen-bond acceptors (Lipinski definition) is 1. The molecular formula is C11H16BrN. The molecule has 13 heavy (non-hydrogen) atoms. The number of rotatable bonds is 4. The van der Waals surface area contributed by atoms with Gasteiger partial charge < -0.3 is 4.90 Å². The Balaban J connectivity index is 2.33. The maximum absolute atomic E-state index is 3.43. The van der Waals surface area contributed by atoms with Gasteiger partial charge in [-0.25, -0.2) is 0 Å². The first-order valence-electron chi connectivity index (χ1n) is 4.57. The smallest absolute Gasteiger partial charge is 0.0175 e. The molecule has 0 spiro atoms. The fourth-order valence-electron chi connectivity index (χ4n) is 1.25. The van der Waals surface area contributed by atoms with E-state index in [2.05, 4.69) is 59.2 Å². The van der Waals surface area contributed by atoms with Crippen molar-refractivity contribution >= 4 is 15.9 Å². The first-order chi connectivity index (χ1) is 6.18. The minimum absolute atomic E-state index is 1.16.